The number of para-hydroxylation sites is 2. The number of hydrogen-bond acceptors (Lipinski definition) is 3. The van der Waals surface area contributed by atoms with Gasteiger partial charge in [-0.25, -0.2) is 9.97 Å². The lowest BCUT2D eigenvalue weighted by atomic mass is 9.83. The van der Waals surface area contributed by atoms with E-state index in [-0.39, 0.29) is 12.0 Å². The van der Waals surface area contributed by atoms with Crippen LogP contribution in [0.4, 0.5) is 11.4 Å². The molecule has 0 N–H and O–H groups in total. The van der Waals surface area contributed by atoms with Gasteiger partial charge in [0.15, 0.2) is 5.82 Å². The number of hydrogen-bond donors (Lipinski definition) is 0. The molecule has 6 aromatic carbocycles. The van der Waals surface area contributed by atoms with Crippen LogP contribution in [0.1, 0.15) is 36.0 Å². The summed E-state index contributed by atoms with van der Waals surface area (Å²) in [5, 5.41) is 7.36. The highest BCUT2D eigenvalue weighted by atomic mass is 15.2. The lowest BCUT2D eigenvalue weighted by Gasteiger charge is -2.33. The van der Waals surface area contributed by atoms with E-state index in [2.05, 4.69) is 168 Å². The number of nitrogens with zero attached hydrogens (tertiary/aromatic N) is 4. The summed E-state index contributed by atoms with van der Waals surface area (Å²) in [6.45, 7) is 2.34. The van der Waals surface area contributed by atoms with E-state index < -0.39 is 0 Å². The van der Waals surface area contributed by atoms with E-state index in [4.69, 9.17) is 9.97 Å². The zero-order chi connectivity index (χ0) is 33.6. The van der Waals surface area contributed by atoms with Gasteiger partial charge in [-0.3, -0.25) is 4.57 Å². The number of fused-ring (bicyclic) bond motifs is 10. The molecule has 242 valence electrons. The van der Waals surface area contributed by atoms with Crippen LogP contribution < -0.4 is 4.90 Å². The van der Waals surface area contributed by atoms with Crippen LogP contribution in [-0.2, 0) is 6.42 Å². The highest BCUT2D eigenvalue weighted by Gasteiger charge is 2.41. The minimum Gasteiger partial charge on any atom is -0.333 e. The van der Waals surface area contributed by atoms with Gasteiger partial charge in [-0.15, -0.1) is 0 Å². The van der Waals surface area contributed by atoms with Crippen LogP contribution in [0.15, 0.2) is 146 Å². The van der Waals surface area contributed by atoms with Gasteiger partial charge in [-0.1, -0.05) is 110 Å². The van der Waals surface area contributed by atoms with Crippen molar-refractivity contribution < 1.29 is 0 Å². The summed E-state index contributed by atoms with van der Waals surface area (Å²) in [5.74, 6) is 1.93. The molecule has 0 saturated carbocycles. The molecule has 2 aromatic heterocycles. The Balaban J connectivity index is 1.15. The van der Waals surface area contributed by atoms with Crippen molar-refractivity contribution in [2.75, 3.05) is 4.90 Å². The second-order valence-electron chi connectivity index (χ2n) is 14.2. The molecule has 4 heteroatoms. The van der Waals surface area contributed by atoms with E-state index in [1.807, 2.05) is 0 Å². The van der Waals surface area contributed by atoms with Crippen LogP contribution in [0.5, 0.6) is 0 Å². The molecular formula is C47H34N4. The Morgan fingerprint density at radius 2 is 1.43 bits per heavy atom. The van der Waals surface area contributed by atoms with Crippen molar-refractivity contribution in [3.63, 3.8) is 0 Å². The summed E-state index contributed by atoms with van der Waals surface area (Å²) in [5.41, 5.74) is 10.9. The molecule has 4 nitrogen and oxygen atoms in total. The van der Waals surface area contributed by atoms with E-state index in [1.165, 1.54) is 66.2 Å². The molecule has 11 rings (SSSR count). The molecule has 0 fully saturated rings. The van der Waals surface area contributed by atoms with Gasteiger partial charge < -0.3 is 4.90 Å². The summed E-state index contributed by atoms with van der Waals surface area (Å²) in [4.78, 5) is 13.4. The maximum absolute atomic E-state index is 5.55. The smallest absolute Gasteiger partial charge is 0.161 e. The first-order chi connectivity index (χ1) is 25.2. The van der Waals surface area contributed by atoms with Gasteiger partial charge in [0.1, 0.15) is 5.82 Å². The minimum absolute atomic E-state index is 0.164. The predicted molar refractivity (Wildman–Crippen MR) is 213 cm³/mol. The predicted octanol–water partition coefficient (Wildman–Crippen LogP) is 11.5. The molecule has 0 bridgehead atoms. The first-order valence-corrected chi connectivity index (χ1v) is 18.0. The Morgan fingerprint density at radius 3 is 2.29 bits per heavy atom. The summed E-state index contributed by atoms with van der Waals surface area (Å²) in [6.07, 6.45) is 11.4. The second kappa shape index (κ2) is 10.9. The van der Waals surface area contributed by atoms with Crippen LogP contribution in [0.25, 0.3) is 66.4 Å². The quantitative estimate of drug-likeness (QED) is 0.190. The van der Waals surface area contributed by atoms with Gasteiger partial charge in [0.2, 0.25) is 0 Å². The first-order valence-electron chi connectivity index (χ1n) is 18.0. The minimum atomic E-state index is 0.164. The Bertz CT molecular complexity index is 2840. The molecule has 2 unspecified atom stereocenters. The molecule has 51 heavy (non-hydrogen) atoms. The highest BCUT2D eigenvalue weighted by Crippen LogP contribution is 2.52. The molecule has 0 saturated heterocycles. The zero-order valence-electron chi connectivity index (χ0n) is 28.3. The molecule has 3 heterocycles. The molecule has 1 aliphatic heterocycles. The fourth-order valence-corrected chi connectivity index (χ4v) is 9.00. The van der Waals surface area contributed by atoms with Gasteiger partial charge in [-0.05, 0) is 94.4 Å². The van der Waals surface area contributed by atoms with Crippen LogP contribution in [0.2, 0.25) is 0 Å². The third-order valence-corrected chi connectivity index (χ3v) is 11.2. The zero-order valence-corrected chi connectivity index (χ0v) is 28.3. The Labute approximate surface area is 296 Å². The monoisotopic (exact) mass is 654 g/mol. The summed E-state index contributed by atoms with van der Waals surface area (Å²) >= 11 is 0. The Kier molecular flexibility index (Phi) is 6.09. The average Bonchev–Trinajstić information content (AvgIpc) is 3.70. The number of benzene rings is 6. The lowest BCUT2D eigenvalue weighted by Crippen LogP contribution is -2.33. The molecule has 2 aliphatic carbocycles. The van der Waals surface area contributed by atoms with E-state index in [9.17, 15) is 0 Å². The van der Waals surface area contributed by atoms with Crippen molar-refractivity contribution in [2.24, 2.45) is 5.92 Å². The van der Waals surface area contributed by atoms with Gasteiger partial charge in [0, 0.05) is 44.5 Å². The van der Waals surface area contributed by atoms with Crippen molar-refractivity contribution in [3.8, 4) is 5.82 Å². The topological polar surface area (TPSA) is 34.0 Å². The van der Waals surface area contributed by atoms with Gasteiger partial charge in [0.25, 0.3) is 0 Å². The maximum Gasteiger partial charge on any atom is 0.161 e. The lowest BCUT2D eigenvalue weighted by molar-refractivity contribution is 0.638. The van der Waals surface area contributed by atoms with Crippen molar-refractivity contribution in [2.45, 2.75) is 25.8 Å². The molecular weight excluding hydrogens is 621 g/mol. The standard InChI is InChI=1S/C47H34N4/c1-29-25-33(27-39-44-35-18-8-7-13-30(35)23-24-42(44)50(45(29)39)34-16-3-2-4-17-34)46-48-40-21-11-9-20-37(40)47(49-46)51-41-22-12-10-19-36(41)38-26-31-14-5-6-15-32(31)28-43(38)51/h2-11,13-21,23-29,45H,12,22H2,1H3. The molecule has 8 aromatic rings. The summed E-state index contributed by atoms with van der Waals surface area (Å²) < 4.78 is 2.44. The molecule has 2 atom stereocenters. The van der Waals surface area contributed by atoms with Crippen LogP contribution in [0.3, 0.4) is 0 Å². The fraction of sp³-hybridized carbons (Fsp3) is 0.106. The maximum atomic E-state index is 5.55. The van der Waals surface area contributed by atoms with Crippen molar-refractivity contribution in [1.82, 2.24) is 14.5 Å². The van der Waals surface area contributed by atoms with Crippen LogP contribution in [0, 0.1) is 5.92 Å². The average molecular weight is 655 g/mol. The van der Waals surface area contributed by atoms with Crippen molar-refractivity contribution in [3.05, 3.63) is 168 Å². The van der Waals surface area contributed by atoms with Crippen LogP contribution >= 0.6 is 0 Å². The molecule has 0 amide bonds. The van der Waals surface area contributed by atoms with Gasteiger partial charge in [0.05, 0.1) is 17.1 Å². The number of rotatable bonds is 3. The van der Waals surface area contributed by atoms with Gasteiger partial charge in [-0.2, -0.15) is 0 Å². The highest BCUT2D eigenvalue weighted by molar-refractivity contribution is 6.09. The summed E-state index contributed by atoms with van der Waals surface area (Å²) in [6, 6.07) is 46.2. The molecule has 0 spiro atoms. The Hall–Kier alpha value is -6.26. The van der Waals surface area contributed by atoms with E-state index in [0.29, 0.717) is 0 Å². The molecule has 0 radical (unpaired) electrons. The largest absolute Gasteiger partial charge is 0.333 e. The van der Waals surface area contributed by atoms with Gasteiger partial charge >= 0.3 is 0 Å². The van der Waals surface area contributed by atoms with E-state index in [1.54, 1.807) is 0 Å². The van der Waals surface area contributed by atoms with E-state index in [0.717, 1.165) is 41.0 Å². The fourth-order valence-electron chi connectivity index (χ4n) is 9.00. The normalized spacial score (nSPS) is 17.9. The SMILES string of the molecule is CC1C=C(c2nc(-n3c4c(c5cc6ccccc6cc53)C=CCC4)c3ccccc3n2)C=C2c3c(ccc4ccccc34)N(c3ccccc3)C21. The van der Waals surface area contributed by atoms with Crippen LogP contribution in [-0.4, -0.2) is 20.6 Å². The number of anilines is 2. The second-order valence-corrected chi connectivity index (χ2v) is 14.2. The third-order valence-electron chi connectivity index (χ3n) is 11.2. The Morgan fingerprint density at radius 1 is 0.686 bits per heavy atom. The first kappa shape index (κ1) is 28.6. The summed E-state index contributed by atoms with van der Waals surface area (Å²) in [7, 11) is 0. The molecule has 3 aliphatic rings. The van der Waals surface area contributed by atoms with E-state index >= 15 is 0 Å². The van der Waals surface area contributed by atoms with Crippen molar-refractivity contribution >= 4 is 71.9 Å². The third kappa shape index (κ3) is 4.20. The number of aromatic nitrogens is 3. The van der Waals surface area contributed by atoms with Crippen molar-refractivity contribution in [1.29, 1.82) is 0 Å². The number of allylic oxidation sites excluding steroid dienone is 3.